The van der Waals surface area contributed by atoms with Crippen molar-refractivity contribution in [2.45, 2.75) is 12.3 Å². The van der Waals surface area contributed by atoms with Gasteiger partial charge in [-0.3, -0.25) is 9.25 Å². The molecule has 6 heteroatoms. The summed E-state index contributed by atoms with van der Waals surface area (Å²) in [7, 11) is 1.83. The molecule has 0 aliphatic heterocycles. The number of aromatic nitrogens is 4. The summed E-state index contributed by atoms with van der Waals surface area (Å²) in [5.41, 5.74) is 0.983. The topological polar surface area (TPSA) is 35.6 Å². The summed E-state index contributed by atoms with van der Waals surface area (Å²) in [6.45, 7) is 1.81. The molecule has 1 unspecified atom stereocenters. The van der Waals surface area contributed by atoms with Crippen LogP contribution >= 0.6 is 11.6 Å². The van der Waals surface area contributed by atoms with Crippen LogP contribution in [0.4, 0.5) is 4.39 Å². The van der Waals surface area contributed by atoms with Crippen LogP contribution in [0.15, 0.2) is 30.5 Å². The van der Waals surface area contributed by atoms with Gasteiger partial charge in [-0.1, -0.05) is 6.07 Å². The first-order valence-corrected chi connectivity index (χ1v) is 6.32. The van der Waals surface area contributed by atoms with Crippen LogP contribution in [0.3, 0.4) is 0 Å². The van der Waals surface area contributed by atoms with Gasteiger partial charge in [0, 0.05) is 19.3 Å². The van der Waals surface area contributed by atoms with Crippen LogP contribution in [0, 0.1) is 5.82 Å². The summed E-state index contributed by atoms with van der Waals surface area (Å²) in [5, 5.41) is 4.00. The molecule has 0 saturated carbocycles. The molecule has 4 nitrogen and oxygen atoms in total. The van der Waals surface area contributed by atoms with Gasteiger partial charge >= 0.3 is 0 Å². The number of alkyl halides is 1. The second-order valence-corrected chi connectivity index (χ2v) is 5.03. The highest BCUT2D eigenvalue weighted by Crippen LogP contribution is 2.28. The van der Waals surface area contributed by atoms with Crippen LogP contribution in [-0.4, -0.2) is 19.3 Å². The standard InChI is InChI=1S/C13H12ClFN4/c1-8(14)13-16-12-9(15)4-3-5-10(12)19(13)11-6-7-18(2)17-11/h3-8H,1-2H3. The van der Waals surface area contributed by atoms with Crippen molar-refractivity contribution in [2.24, 2.45) is 7.05 Å². The van der Waals surface area contributed by atoms with Crippen molar-refractivity contribution in [3.63, 3.8) is 0 Å². The zero-order chi connectivity index (χ0) is 13.6. The van der Waals surface area contributed by atoms with Crippen molar-refractivity contribution in [3.05, 3.63) is 42.1 Å². The van der Waals surface area contributed by atoms with E-state index in [0.29, 0.717) is 22.7 Å². The SMILES string of the molecule is CC(Cl)c1nc2c(F)cccc2n1-c1ccn(C)n1. The molecule has 1 aromatic carbocycles. The first kappa shape index (κ1) is 12.2. The molecule has 19 heavy (non-hydrogen) atoms. The number of benzene rings is 1. The van der Waals surface area contributed by atoms with Crippen molar-refractivity contribution < 1.29 is 4.39 Å². The van der Waals surface area contributed by atoms with Gasteiger partial charge in [0.25, 0.3) is 0 Å². The quantitative estimate of drug-likeness (QED) is 0.675. The number of hydrogen-bond acceptors (Lipinski definition) is 2. The molecule has 0 bridgehead atoms. The lowest BCUT2D eigenvalue weighted by molar-refractivity contribution is 0.637. The number of aryl methyl sites for hydroxylation is 1. The van der Waals surface area contributed by atoms with Gasteiger partial charge in [0.1, 0.15) is 11.3 Å². The Morgan fingerprint density at radius 2 is 2.11 bits per heavy atom. The number of halogens is 2. The summed E-state index contributed by atoms with van der Waals surface area (Å²) in [4.78, 5) is 4.30. The number of fused-ring (bicyclic) bond motifs is 1. The lowest BCUT2D eigenvalue weighted by Crippen LogP contribution is -2.03. The molecular weight excluding hydrogens is 267 g/mol. The Kier molecular flexibility index (Phi) is 2.78. The average molecular weight is 279 g/mol. The van der Waals surface area contributed by atoms with Crippen LogP contribution < -0.4 is 0 Å². The minimum absolute atomic E-state index is 0.315. The predicted molar refractivity (Wildman–Crippen MR) is 72.1 cm³/mol. The van der Waals surface area contributed by atoms with Gasteiger partial charge in [-0.25, -0.2) is 9.37 Å². The molecule has 0 N–H and O–H groups in total. The second kappa shape index (κ2) is 4.35. The molecular formula is C13H12ClFN4. The first-order valence-electron chi connectivity index (χ1n) is 5.89. The average Bonchev–Trinajstić information content (AvgIpc) is 2.93. The fraction of sp³-hybridized carbons (Fsp3) is 0.231. The number of hydrogen-bond donors (Lipinski definition) is 0. The molecule has 0 amide bonds. The Morgan fingerprint density at radius 1 is 1.32 bits per heavy atom. The van der Waals surface area contributed by atoms with Crippen molar-refractivity contribution >= 4 is 22.6 Å². The molecule has 3 rings (SSSR count). The van der Waals surface area contributed by atoms with E-state index in [2.05, 4.69) is 10.1 Å². The third-order valence-electron chi connectivity index (χ3n) is 2.95. The molecule has 0 aliphatic rings. The van der Waals surface area contributed by atoms with E-state index in [0.717, 1.165) is 0 Å². The van der Waals surface area contributed by atoms with E-state index >= 15 is 0 Å². The summed E-state index contributed by atoms with van der Waals surface area (Å²) in [5.74, 6) is 0.907. The molecule has 0 radical (unpaired) electrons. The van der Waals surface area contributed by atoms with E-state index < -0.39 is 0 Å². The monoisotopic (exact) mass is 278 g/mol. The van der Waals surface area contributed by atoms with E-state index in [9.17, 15) is 4.39 Å². The van der Waals surface area contributed by atoms with Crippen molar-refractivity contribution in [1.29, 1.82) is 0 Å². The molecule has 3 aromatic rings. The second-order valence-electron chi connectivity index (χ2n) is 4.38. The van der Waals surface area contributed by atoms with Crippen LogP contribution in [-0.2, 0) is 7.05 Å². The van der Waals surface area contributed by atoms with E-state index in [1.165, 1.54) is 6.07 Å². The van der Waals surface area contributed by atoms with E-state index in [-0.39, 0.29) is 11.2 Å². The molecule has 1 atom stereocenters. The summed E-state index contributed by atoms with van der Waals surface area (Å²) in [6, 6.07) is 6.69. The summed E-state index contributed by atoms with van der Waals surface area (Å²) >= 11 is 6.15. The maximum Gasteiger partial charge on any atom is 0.160 e. The Balaban J connectivity index is 2.37. The lowest BCUT2D eigenvalue weighted by atomic mass is 10.3. The first-order chi connectivity index (χ1) is 9.08. The number of rotatable bonds is 2. The minimum Gasteiger partial charge on any atom is -0.277 e. The van der Waals surface area contributed by atoms with E-state index in [1.807, 2.05) is 25.4 Å². The van der Waals surface area contributed by atoms with Crippen LogP contribution in [0.5, 0.6) is 0 Å². The highest BCUT2D eigenvalue weighted by atomic mass is 35.5. The normalized spacial score (nSPS) is 13.1. The Hall–Kier alpha value is -1.88. The molecule has 0 aliphatic carbocycles. The number of nitrogens with zero attached hydrogens (tertiary/aromatic N) is 4. The van der Waals surface area contributed by atoms with Crippen LogP contribution in [0.25, 0.3) is 16.9 Å². The summed E-state index contributed by atoms with van der Waals surface area (Å²) in [6.07, 6.45) is 1.82. The maximum atomic E-state index is 13.8. The molecule has 0 saturated heterocycles. The Bertz CT molecular complexity index is 744. The number of imidazole rings is 1. The van der Waals surface area contributed by atoms with E-state index in [4.69, 9.17) is 11.6 Å². The molecule has 0 fully saturated rings. The largest absolute Gasteiger partial charge is 0.277 e. The number of para-hydroxylation sites is 1. The highest BCUT2D eigenvalue weighted by Gasteiger charge is 2.19. The van der Waals surface area contributed by atoms with Gasteiger partial charge in [0.2, 0.25) is 0 Å². The van der Waals surface area contributed by atoms with E-state index in [1.54, 1.807) is 22.2 Å². The van der Waals surface area contributed by atoms with Crippen molar-refractivity contribution in [2.75, 3.05) is 0 Å². The van der Waals surface area contributed by atoms with Gasteiger partial charge in [-0.05, 0) is 19.1 Å². The fourth-order valence-corrected chi connectivity index (χ4v) is 2.26. The molecule has 0 spiro atoms. The van der Waals surface area contributed by atoms with Gasteiger partial charge in [0.05, 0.1) is 10.9 Å². The van der Waals surface area contributed by atoms with Gasteiger partial charge in [-0.2, -0.15) is 5.10 Å². The minimum atomic E-state index is -0.356. The van der Waals surface area contributed by atoms with Crippen molar-refractivity contribution in [1.82, 2.24) is 19.3 Å². The van der Waals surface area contributed by atoms with Crippen LogP contribution in [0.1, 0.15) is 18.1 Å². The third kappa shape index (κ3) is 1.90. The predicted octanol–water partition coefficient (Wildman–Crippen LogP) is 3.20. The summed E-state index contributed by atoms with van der Waals surface area (Å²) < 4.78 is 17.3. The zero-order valence-electron chi connectivity index (χ0n) is 10.5. The Labute approximate surface area is 114 Å². The van der Waals surface area contributed by atoms with Gasteiger partial charge in [0.15, 0.2) is 11.6 Å². The van der Waals surface area contributed by atoms with Gasteiger partial charge < -0.3 is 0 Å². The third-order valence-corrected chi connectivity index (χ3v) is 3.14. The lowest BCUT2D eigenvalue weighted by Gasteiger charge is -2.07. The van der Waals surface area contributed by atoms with Crippen molar-refractivity contribution in [3.8, 4) is 5.82 Å². The molecule has 98 valence electrons. The Morgan fingerprint density at radius 3 is 2.74 bits per heavy atom. The smallest absolute Gasteiger partial charge is 0.160 e. The maximum absolute atomic E-state index is 13.8. The fourth-order valence-electron chi connectivity index (χ4n) is 2.11. The molecule has 2 aromatic heterocycles. The molecule has 2 heterocycles. The zero-order valence-corrected chi connectivity index (χ0v) is 11.3. The van der Waals surface area contributed by atoms with Crippen LogP contribution in [0.2, 0.25) is 0 Å². The van der Waals surface area contributed by atoms with Gasteiger partial charge in [-0.15, -0.1) is 11.6 Å². The highest BCUT2D eigenvalue weighted by molar-refractivity contribution is 6.20.